The summed E-state index contributed by atoms with van der Waals surface area (Å²) >= 11 is 22.0. The maximum atomic E-state index is 6.18. The van der Waals surface area contributed by atoms with Gasteiger partial charge in [0.2, 0.25) is 0 Å². The van der Waals surface area contributed by atoms with E-state index in [0.29, 0.717) is 10.0 Å². The molecule has 3 aromatic rings. The zero-order valence-electron chi connectivity index (χ0n) is 12.0. The molecule has 0 aliphatic rings. The highest BCUT2D eigenvalue weighted by atomic mass is 35.5. The maximum absolute atomic E-state index is 6.18. The van der Waals surface area contributed by atoms with Crippen molar-refractivity contribution in [3.05, 3.63) is 39.9 Å². The van der Waals surface area contributed by atoms with Crippen LogP contribution in [0.4, 0.5) is 5.69 Å². The predicted octanol–water partition coefficient (Wildman–Crippen LogP) is 5.09. The minimum absolute atomic E-state index is 0.534. The number of benzene rings is 2. The van der Waals surface area contributed by atoms with Crippen LogP contribution in [0.2, 0.25) is 10.0 Å². The summed E-state index contributed by atoms with van der Waals surface area (Å²) in [5.41, 5.74) is 7.16. The normalized spacial score (nSPS) is 10.9. The van der Waals surface area contributed by atoms with Gasteiger partial charge in [-0.2, -0.15) is 0 Å². The summed E-state index contributed by atoms with van der Waals surface area (Å²) in [6, 6.07) is 7.87. The van der Waals surface area contributed by atoms with E-state index in [-0.39, 0.29) is 0 Å². The molecule has 0 unspecified atom stereocenters. The van der Waals surface area contributed by atoms with Crippen LogP contribution >= 0.6 is 47.6 Å². The van der Waals surface area contributed by atoms with Gasteiger partial charge in [0, 0.05) is 34.0 Å². The van der Waals surface area contributed by atoms with Gasteiger partial charge in [-0.15, -0.1) is 0 Å². The SMILES string of the molecule is S=CNCCc1cc(NC=S)cc2c1[nH]c1cc(Cl)c(Cl)cc12. The smallest absolute Gasteiger partial charge is 0.0658 e. The largest absolute Gasteiger partial charge is 0.382 e. The van der Waals surface area contributed by atoms with E-state index in [9.17, 15) is 0 Å². The Morgan fingerprint density at radius 3 is 2.52 bits per heavy atom. The molecule has 118 valence electrons. The van der Waals surface area contributed by atoms with Gasteiger partial charge in [0.1, 0.15) is 0 Å². The van der Waals surface area contributed by atoms with Gasteiger partial charge in [0.25, 0.3) is 0 Å². The van der Waals surface area contributed by atoms with Gasteiger partial charge < -0.3 is 15.6 Å². The summed E-state index contributed by atoms with van der Waals surface area (Å²) < 4.78 is 0. The minimum atomic E-state index is 0.534. The van der Waals surface area contributed by atoms with Crippen molar-refractivity contribution in [1.82, 2.24) is 10.3 Å². The van der Waals surface area contributed by atoms with Gasteiger partial charge >= 0.3 is 0 Å². The van der Waals surface area contributed by atoms with Crippen LogP contribution in [0.1, 0.15) is 5.56 Å². The van der Waals surface area contributed by atoms with Crippen molar-refractivity contribution in [2.75, 3.05) is 11.9 Å². The number of hydrogen-bond donors (Lipinski definition) is 3. The summed E-state index contributed by atoms with van der Waals surface area (Å²) in [6.07, 6.45) is 0.824. The Labute approximate surface area is 154 Å². The predicted molar refractivity (Wildman–Crippen MR) is 108 cm³/mol. The first-order chi connectivity index (χ1) is 11.1. The molecule has 3 nitrogen and oxygen atoms in total. The Hall–Kier alpha value is -1.40. The second-order valence-corrected chi connectivity index (χ2v) is 6.36. The molecule has 0 aliphatic carbocycles. The van der Waals surface area contributed by atoms with E-state index in [1.54, 1.807) is 0 Å². The molecule has 1 heterocycles. The van der Waals surface area contributed by atoms with Crippen molar-refractivity contribution >= 4 is 86.1 Å². The minimum Gasteiger partial charge on any atom is -0.382 e. The van der Waals surface area contributed by atoms with Crippen LogP contribution in [0.5, 0.6) is 0 Å². The standard InChI is InChI=1S/C16H13Cl2N3S2/c17-13-5-11-12-4-10(20-8-23)3-9(1-2-19-7-22)16(12)21-15(11)6-14(13)18/h3-8,21H,1-2H2,(H,19,22)(H,20,23). The third-order valence-electron chi connectivity index (χ3n) is 3.68. The van der Waals surface area contributed by atoms with Crippen molar-refractivity contribution in [2.24, 2.45) is 0 Å². The highest BCUT2D eigenvalue weighted by molar-refractivity contribution is 7.79. The molecule has 7 heteroatoms. The first-order valence-electron chi connectivity index (χ1n) is 6.94. The molecule has 0 atom stereocenters. The first-order valence-corrected chi connectivity index (χ1v) is 8.64. The molecule has 0 bridgehead atoms. The van der Waals surface area contributed by atoms with Crippen molar-refractivity contribution < 1.29 is 0 Å². The highest BCUT2D eigenvalue weighted by Crippen LogP contribution is 2.35. The molecule has 0 fully saturated rings. The Morgan fingerprint density at radius 2 is 1.78 bits per heavy atom. The molecule has 0 saturated heterocycles. The summed E-state index contributed by atoms with van der Waals surface area (Å²) in [7, 11) is 0. The first kappa shape index (κ1) is 16.5. The van der Waals surface area contributed by atoms with Crippen LogP contribution in [-0.2, 0) is 6.42 Å². The number of H-pyrrole nitrogens is 1. The van der Waals surface area contributed by atoms with Crippen molar-refractivity contribution in [3.63, 3.8) is 0 Å². The summed E-state index contributed by atoms with van der Waals surface area (Å²) in [5, 5.41) is 9.32. The second kappa shape index (κ2) is 7.01. The number of nitrogens with one attached hydrogen (secondary N) is 3. The van der Waals surface area contributed by atoms with E-state index in [4.69, 9.17) is 47.6 Å². The van der Waals surface area contributed by atoms with Gasteiger partial charge in [-0.25, -0.2) is 0 Å². The Kier molecular flexibility index (Phi) is 5.02. The third kappa shape index (κ3) is 3.28. The van der Waals surface area contributed by atoms with Crippen molar-refractivity contribution in [3.8, 4) is 0 Å². The summed E-state index contributed by atoms with van der Waals surface area (Å²) in [5.74, 6) is 0. The van der Waals surface area contributed by atoms with Gasteiger partial charge in [0.05, 0.1) is 21.0 Å². The number of aromatic nitrogens is 1. The zero-order chi connectivity index (χ0) is 16.4. The number of rotatable bonds is 6. The molecular formula is C16H13Cl2N3S2. The lowest BCUT2D eigenvalue weighted by Crippen LogP contribution is -2.13. The molecule has 3 N–H and O–H groups in total. The van der Waals surface area contributed by atoms with E-state index in [0.717, 1.165) is 46.0 Å². The molecular weight excluding hydrogens is 369 g/mol. The molecule has 23 heavy (non-hydrogen) atoms. The Bertz CT molecular complexity index is 905. The summed E-state index contributed by atoms with van der Waals surface area (Å²) in [6.45, 7) is 0.760. The van der Waals surface area contributed by atoms with Crippen LogP contribution in [-0.4, -0.2) is 22.5 Å². The van der Waals surface area contributed by atoms with E-state index in [1.165, 1.54) is 11.0 Å². The molecule has 0 amide bonds. The Morgan fingerprint density at radius 1 is 1.00 bits per heavy atom. The molecule has 0 spiro atoms. The number of aromatic amines is 1. The second-order valence-electron chi connectivity index (χ2n) is 5.08. The fourth-order valence-corrected chi connectivity index (χ4v) is 3.27. The average molecular weight is 382 g/mol. The lowest BCUT2D eigenvalue weighted by Gasteiger charge is -2.07. The lowest BCUT2D eigenvalue weighted by molar-refractivity contribution is 0.890. The average Bonchev–Trinajstić information content (AvgIpc) is 2.86. The molecule has 0 saturated carbocycles. The van der Waals surface area contributed by atoms with Gasteiger partial charge in [0.15, 0.2) is 0 Å². The van der Waals surface area contributed by atoms with Gasteiger partial charge in [-0.3, -0.25) is 0 Å². The van der Waals surface area contributed by atoms with Crippen LogP contribution in [0.15, 0.2) is 24.3 Å². The fourth-order valence-electron chi connectivity index (χ4n) is 2.68. The quantitative estimate of drug-likeness (QED) is 0.410. The van der Waals surface area contributed by atoms with Crippen LogP contribution in [0.25, 0.3) is 21.8 Å². The van der Waals surface area contributed by atoms with Gasteiger partial charge in [-0.1, -0.05) is 47.6 Å². The molecule has 3 rings (SSSR count). The lowest BCUT2D eigenvalue weighted by atomic mass is 10.0. The van der Waals surface area contributed by atoms with E-state index in [1.807, 2.05) is 12.1 Å². The van der Waals surface area contributed by atoms with E-state index < -0.39 is 0 Å². The van der Waals surface area contributed by atoms with E-state index >= 15 is 0 Å². The van der Waals surface area contributed by atoms with Crippen molar-refractivity contribution in [1.29, 1.82) is 0 Å². The summed E-state index contributed by atoms with van der Waals surface area (Å²) in [4.78, 5) is 3.44. The number of hydrogen-bond acceptors (Lipinski definition) is 2. The van der Waals surface area contributed by atoms with Crippen LogP contribution < -0.4 is 10.6 Å². The maximum Gasteiger partial charge on any atom is 0.0658 e. The molecule has 0 aliphatic heterocycles. The molecule has 2 aromatic carbocycles. The van der Waals surface area contributed by atoms with E-state index in [2.05, 4.69) is 27.8 Å². The van der Waals surface area contributed by atoms with Gasteiger partial charge in [-0.05, 0) is 36.2 Å². The van der Waals surface area contributed by atoms with Crippen LogP contribution in [0, 0.1) is 0 Å². The number of fused-ring (bicyclic) bond motifs is 3. The highest BCUT2D eigenvalue weighted by Gasteiger charge is 2.12. The number of halogens is 2. The Balaban J connectivity index is 2.22. The molecule has 1 aromatic heterocycles. The zero-order valence-corrected chi connectivity index (χ0v) is 15.1. The third-order valence-corrected chi connectivity index (χ3v) is 4.68. The number of thiocarbonyl (C=S) groups is 2. The number of anilines is 1. The van der Waals surface area contributed by atoms with Crippen molar-refractivity contribution in [2.45, 2.75) is 6.42 Å². The topological polar surface area (TPSA) is 39.8 Å². The fraction of sp³-hybridized carbons (Fsp3) is 0.125. The van der Waals surface area contributed by atoms with Crippen LogP contribution in [0.3, 0.4) is 0 Å². The molecule has 0 radical (unpaired) electrons. The monoisotopic (exact) mass is 381 g/mol.